The fraction of sp³-hybridized carbons (Fsp3) is 1.00. The molecule has 0 atom stereocenters. The van der Waals surface area contributed by atoms with E-state index in [4.69, 9.17) is 0 Å². The van der Waals surface area contributed by atoms with Gasteiger partial charge in [0.25, 0.3) is 0 Å². The summed E-state index contributed by atoms with van der Waals surface area (Å²) in [5.41, 5.74) is 0. The maximum atomic E-state index is 2.58. The van der Waals surface area contributed by atoms with E-state index >= 15 is 0 Å². The third-order valence-electron chi connectivity index (χ3n) is 8.43. The van der Waals surface area contributed by atoms with E-state index in [-0.39, 0.29) is 0 Å². The van der Waals surface area contributed by atoms with Gasteiger partial charge in [-0.2, -0.15) is 0 Å². The Morgan fingerprint density at radius 3 is 1.10 bits per heavy atom. The second-order valence-corrected chi connectivity index (χ2v) is 13.3. The van der Waals surface area contributed by atoms with Gasteiger partial charge in [0, 0.05) is 9.49 Å². The third kappa shape index (κ3) is 11.4. The second-order valence-electron chi connectivity index (χ2n) is 11.3. The Kier molecular flexibility index (Phi) is 15.0. The summed E-state index contributed by atoms with van der Waals surface area (Å²) >= 11 is 2.58. The van der Waals surface area contributed by atoms with Crippen molar-refractivity contribution in [3.63, 3.8) is 0 Å². The molecule has 0 aromatic rings. The van der Waals surface area contributed by atoms with Gasteiger partial charge in [-0.1, -0.05) is 142 Å². The lowest BCUT2D eigenvalue weighted by molar-refractivity contribution is 0.334. The summed E-state index contributed by atoms with van der Waals surface area (Å²) in [4.78, 5) is 0. The minimum atomic E-state index is 0.653. The first-order chi connectivity index (χ1) is 15.2. The Morgan fingerprint density at radius 2 is 0.742 bits per heavy atom. The van der Waals surface area contributed by atoms with Crippen LogP contribution in [0.25, 0.3) is 0 Å². The summed E-state index contributed by atoms with van der Waals surface area (Å²) in [5.74, 6) is 0. The van der Waals surface area contributed by atoms with Crippen LogP contribution in [0.5, 0.6) is 0 Å². The second kappa shape index (κ2) is 16.9. The van der Waals surface area contributed by atoms with Crippen molar-refractivity contribution >= 4 is 11.8 Å². The monoisotopic (exact) mass is 450 g/mol. The Hall–Kier alpha value is 0.350. The Morgan fingerprint density at radius 1 is 0.419 bits per heavy atom. The standard InChI is InChI=1S/C30H58S/c1-3-5-7-9-11-13-17-23-29(25-19-15-20-26-29)31-30(27-21-16-22-28-30)24-18-14-12-10-8-6-4-2/h3-28H2,1-2H3. The number of rotatable bonds is 18. The average molecular weight is 451 g/mol. The molecule has 2 aliphatic carbocycles. The fourth-order valence-electron chi connectivity index (χ4n) is 6.47. The van der Waals surface area contributed by atoms with Crippen molar-refractivity contribution in [1.82, 2.24) is 0 Å². The summed E-state index contributed by atoms with van der Waals surface area (Å²) in [6, 6.07) is 0. The molecular formula is C30H58S. The van der Waals surface area contributed by atoms with Crippen LogP contribution >= 0.6 is 11.8 Å². The molecule has 0 saturated heterocycles. The predicted molar refractivity (Wildman–Crippen MR) is 144 cm³/mol. The van der Waals surface area contributed by atoms with E-state index in [1.165, 1.54) is 167 Å². The molecule has 31 heavy (non-hydrogen) atoms. The third-order valence-corrected chi connectivity index (χ3v) is 10.5. The van der Waals surface area contributed by atoms with Crippen LogP contribution in [0.1, 0.15) is 181 Å². The first-order valence-corrected chi connectivity index (χ1v) is 15.8. The first kappa shape index (κ1) is 27.6. The van der Waals surface area contributed by atoms with Gasteiger partial charge in [-0.3, -0.25) is 0 Å². The molecule has 0 N–H and O–H groups in total. The highest BCUT2D eigenvalue weighted by Gasteiger charge is 2.42. The average Bonchev–Trinajstić information content (AvgIpc) is 2.79. The Balaban J connectivity index is 1.82. The van der Waals surface area contributed by atoms with E-state index in [0.29, 0.717) is 9.49 Å². The minimum Gasteiger partial charge on any atom is -0.148 e. The van der Waals surface area contributed by atoms with E-state index < -0.39 is 0 Å². The maximum absolute atomic E-state index is 2.58. The van der Waals surface area contributed by atoms with Gasteiger partial charge >= 0.3 is 0 Å². The van der Waals surface area contributed by atoms with Gasteiger partial charge < -0.3 is 0 Å². The van der Waals surface area contributed by atoms with Gasteiger partial charge in [0.2, 0.25) is 0 Å². The largest absolute Gasteiger partial charge is 0.148 e. The summed E-state index contributed by atoms with van der Waals surface area (Å²) in [6.07, 6.45) is 38.8. The van der Waals surface area contributed by atoms with E-state index in [9.17, 15) is 0 Å². The minimum absolute atomic E-state index is 0.653. The van der Waals surface area contributed by atoms with Crippen LogP contribution in [0.2, 0.25) is 0 Å². The molecule has 0 aliphatic heterocycles. The molecular weight excluding hydrogens is 392 g/mol. The SMILES string of the molecule is CCCCCCCCCC1(SC2(CCCCCCCCC)CCCCC2)CCCCC1. The zero-order chi connectivity index (χ0) is 22.1. The number of thioether (sulfide) groups is 1. The first-order valence-electron chi connectivity index (χ1n) is 14.9. The molecule has 0 heterocycles. The highest BCUT2D eigenvalue weighted by Crippen LogP contribution is 2.55. The van der Waals surface area contributed by atoms with Gasteiger partial charge in [0.15, 0.2) is 0 Å². The highest BCUT2D eigenvalue weighted by atomic mass is 32.2. The normalized spacial score (nSPS) is 20.7. The molecule has 2 fully saturated rings. The molecule has 2 rings (SSSR count). The summed E-state index contributed by atoms with van der Waals surface area (Å²) in [7, 11) is 0. The van der Waals surface area contributed by atoms with E-state index in [2.05, 4.69) is 25.6 Å². The van der Waals surface area contributed by atoms with Crippen LogP contribution in [0, 0.1) is 0 Å². The smallest absolute Gasteiger partial charge is 0.0165 e. The zero-order valence-electron chi connectivity index (χ0n) is 21.8. The van der Waals surface area contributed by atoms with Gasteiger partial charge in [-0.25, -0.2) is 0 Å². The van der Waals surface area contributed by atoms with Gasteiger partial charge in [-0.15, -0.1) is 11.8 Å². The molecule has 2 aliphatic rings. The van der Waals surface area contributed by atoms with Crippen LogP contribution in [-0.2, 0) is 0 Å². The van der Waals surface area contributed by atoms with Crippen LogP contribution in [-0.4, -0.2) is 9.49 Å². The quantitative estimate of drug-likeness (QED) is 0.187. The molecule has 184 valence electrons. The lowest BCUT2D eigenvalue weighted by Gasteiger charge is -2.47. The molecule has 0 unspecified atom stereocenters. The Bertz CT molecular complexity index is 365. The molecule has 1 heteroatoms. The molecule has 0 radical (unpaired) electrons. The zero-order valence-corrected chi connectivity index (χ0v) is 22.6. The van der Waals surface area contributed by atoms with Crippen LogP contribution < -0.4 is 0 Å². The Labute approximate surface area is 201 Å². The number of hydrogen-bond acceptors (Lipinski definition) is 1. The van der Waals surface area contributed by atoms with Crippen molar-refractivity contribution in [2.75, 3.05) is 0 Å². The molecule has 0 spiro atoms. The number of unbranched alkanes of at least 4 members (excludes halogenated alkanes) is 12. The van der Waals surface area contributed by atoms with Gasteiger partial charge in [-0.05, 0) is 38.5 Å². The van der Waals surface area contributed by atoms with Crippen molar-refractivity contribution in [3.8, 4) is 0 Å². The van der Waals surface area contributed by atoms with Crippen molar-refractivity contribution in [2.24, 2.45) is 0 Å². The maximum Gasteiger partial charge on any atom is 0.0165 e. The molecule has 2 saturated carbocycles. The van der Waals surface area contributed by atoms with E-state index in [1.807, 2.05) is 0 Å². The van der Waals surface area contributed by atoms with Crippen LogP contribution in [0.3, 0.4) is 0 Å². The predicted octanol–water partition coefficient (Wildman–Crippen LogP) is 11.4. The lowest BCUT2D eigenvalue weighted by Crippen LogP contribution is -2.38. The number of hydrogen-bond donors (Lipinski definition) is 0. The van der Waals surface area contributed by atoms with Crippen molar-refractivity contribution < 1.29 is 0 Å². The molecule has 0 amide bonds. The van der Waals surface area contributed by atoms with E-state index in [0.717, 1.165) is 0 Å². The van der Waals surface area contributed by atoms with Crippen molar-refractivity contribution in [1.29, 1.82) is 0 Å². The van der Waals surface area contributed by atoms with Crippen LogP contribution in [0.4, 0.5) is 0 Å². The van der Waals surface area contributed by atoms with Crippen molar-refractivity contribution in [3.05, 3.63) is 0 Å². The van der Waals surface area contributed by atoms with Gasteiger partial charge in [0.1, 0.15) is 0 Å². The van der Waals surface area contributed by atoms with Crippen LogP contribution in [0.15, 0.2) is 0 Å². The van der Waals surface area contributed by atoms with E-state index in [1.54, 1.807) is 0 Å². The molecule has 0 aromatic carbocycles. The highest BCUT2D eigenvalue weighted by molar-refractivity contribution is 8.02. The molecule has 0 bridgehead atoms. The topological polar surface area (TPSA) is 0 Å². The lowest BCUT2D eigenvalue weighted by atomic mass is 9.83. The molecule has 0 nitrogen and oxygen atoms in total. The van der Waals surface area contributed by atoms with Crippen molar-refractivity contribution in [2.45, 2.75) is 190 Å². The summed E-state index contributed by atoms with van der Waals surface area (Å²) < 4.78 is 1.31. The fourth-order valence-corrected chi connectivity index (χ4v) is 8.86. The summed E-state index contributed by atoms with van der Waals surface area (Å²) in [6.45, 7) is 4.66. The summed E-state index contributed by atoms with van der Waals surface area (Å²) in [5, 5.41) is 0. The van der Waals surface area contributed by atoms with Gasteiger partial charge in [0.05, 0.1) is 0 Å². The molecule has 0 aromatic heterocycles.